The molecule has 1 saturated heterocycles. The molecule has 3 aromatic rings. The zero-order valence-corrected chi connectivity index (χ0v) is 18.5. The highest BCUT2D eigenvalue weighted by atomic mass is 19.1. The van der Waals surface area contributed by atoms with Gasteiger partial charge in [0.05, 0.1) is 0 Å². The fraction of sp³-hybridized carbons (Fsp3) is 0.423. The molecule has 2 unspecified atom stereocenters. The van der Waals surface area contributed by atoms with Gasteiger partial charge in [-0.2, -0.15) is 0 Å². The van der Waals surface area contributed by atoms with Crippen LogP contribution in [0.5, 0.6) is 0 Å². The van der Waals surface area contributed by atoms with Crippen molar-refractivity contribution in [2.45, 2.75) is 44.9 Å². The normalized spacial score (nSPS) is 20.0. The minimum absolute atomic E-state index is 0.279. The molecule has 0 spiro atoms. The molecule has 2 aliphatic heterocycles. The summed E-state index contributed by atoms with van der Waals surface area (Å²) in [6.07, 6.45) is 2.43. The van der Waals surface area contributed by atoms with E-state index in [2.05, 4.69) is 39.0 Å². The lowest BCUT2D eigenvalue weighted by molar-refractivity contribution is -0.147. The lowest BCUT2D eigenvalue weighted by Gasteiger charge is -2.44. The number of H-pyrrole nitrogens is 1. The first-order chi connectivity index (χ1) is 15.6. The molecule has 0 bridgehead atoms. The van der Waals surface area contributed by atoms with Crippen molar-refractivity contribution in [1.82, 2.24) is 14.8 Å². The largest absolute Gasteiger partial charge is 0.458 e. The van der Waals surface area contributed by atoms with E-state index in [1.54, 1.807) is 12.1 Å². The second-order valence-electron chi connectivity index (χ2n) is 9.05. The summed E-state index contributed by atoms with van der Waals surface area (Å²) < 4.78 is 18.8. The number of nitrogens with one attached hydrogen (secondary N) is 1. The maximum absolute atomic E-state index is 13.3. The number of hydrogen-bond acceptors (Lipinski definition) is 4. The number of rotatable bonds is 6. The number of benzene rings is 2. The molecule has 0 amide bonds. The first-order valence-corrected chi connectivity index (χ1v) is 11.5. The minimum atomic E-state index is -0.321. The predicted octanol–water partition coefficient (Wildman–Crippen LogP) is 4.43. The molecule has 32 heavy (non-hydrogen) atoms. The lowest BCUT2D eigenvalue weighted by Crippen LogP contribution is -2.55. The molecule has 6 heteroatoms. The molecule has 0 aliphatic carbocycles. The van der Waals surface area contributed by atoms with E-state index in [9.17, 15) is 9.18 Å². The van der Waals surface area contributed by atoms with Crippen LogP contribution in [0.4, 0.5) is 4.39 Å². The van der Waals surface area contributed by atoms with Crippen LogP contribution >= 0.6 is 0 Å². The Kier molecular flexibility index (Phi) is 5.98. The number of hydrogen-bond donors (Lipinski definition) is 1. The Morgan fingerprint density at radius 3 is 2.81 bits per heavy atom. The number of aromatic amines is 1. The smallest absolute Gasteiger partial charge is 0.303 e. The standard InChI is InChI=1S/C26H30FN3O2/c1-18(31)32-26(19-8-10-20(27)11-9-19)7-4-12-29-13-14-30-17-25-23(15-21(30)16-29)22-5-2-3-6-24(22)28-25/h2-3,5-6,8-11,21,26,28H,4,7,12-17H2,1H3. The van der Waals surface area contributed by atoms with E-state index >= 15 is 0 Å². The Morgan fingerprint density at radius 1 is 1.19 bits per heavy atom. The van der Waals surface area contributed by atoms with Crippen molar-refractivity contribution in [1.29, 1.82) is 0 Å². The molecule has 168 valence electrons. The van der Waals surface area contributed by atoms with Gasteiger partial charge in [0, 0.05) is 55.7 Å². The maximum atomic E-state index is 13.3. The molecule has 0 saturated carbocycles. The number of halogens is 1. The van der Waals surface area contributed by atoms with Crippen molar-refractivity contribution in [3.05, 3.63) is 71.2 Å². The van der Waals surface area contributed by atoms with Gasteiger partial charge < -0.3 is 14.6 Å². The molecule has 1 N–H and O–H groups in total. The number of ether oxygens (including phenoxy) is 1. The number of esters is 1. The second kappa shape index (κ2) is 9.04. The Morgan fingerprint density at radius 2 is 2.00 bits per heavy atom. The number of nitrogens with zero attached hydrogens (tertiary/aromatic N) is 2. The maximum Gasteiger partial charge on any atom is 0.303 e. The quantitative estimate of drug-likeness (QED) is 0.582. The minimum Gasteiger partial charge on any atom is -0.458 e. The van der Waals surface area contributed by atoms with Crippen LogP contribution in [-0.2, 0) is 22.5 Å². The second-order valence-corrected chi connectivity index (χ2v) is 9.05. The highest BCUT2D eigenvalue weighted by Gasteiger charge is 2.33. The lowest BCUT2D eigenvalue weighted by atomic mass is 9.94. The third-order valence-electron chi connectivity index (χ3n) is 6.88. The summed E-state index contributed by atoms with van der Waals surface area (Å²) in [4.78, 5) is 20.3. The monoisotopic (exact) mass is 435 g/mol. The van der Waals surface area contributed by atoms with Crippen molar-refractivity contribution < 1.29 is 13.9 Å². The Labute approximate surface area is 188 Å². The molecular weight excluding hydrogens is 405 g/mol. The summed E-state index contributed by atoms with van der Waals surface area (Å²) >= 11 is 0. The molecule has 1 aromatic heterocycles. The van der Waals surface area contributed by atoms with Crippen LogP contribution in [-0.4, -0.2) is 53.0 Å². The summed E-state index contributed by atoms with van der Waals surface area (Å²) in [5.41, 5.74) is 4.95. The molecule has 0 radical (unpaired) electrons. The van der Waals surface area contributed by atoms with Gasteiger partial charge in [0.15, 0.2) is 0 Å². The van der Waals surface area contributed by atoms with Gasteiger partial charge in [0.25, 0.3) is 0 Å². The molecule has 3 heterocycles. The van der Waals surface area contributed by atoms with Crippen molar-refractivity contribution in [3.8, 4) is 0 Å². The van der Waals surface area contributed by atoms with Crippen molar-refractivity contribution in [2.75, 3.05) is 26.2 Å². The van der Waals surface area contributed by atoms with Crippen molar-refractivity contribution in [2.24, 2.45) is 0 Å². The van der Waals surface area contributed by atoms with Gasteiger partial charge in [-0.3, -0.25) is 9.69 Å². The van der Waals surface area contributed by atoms with E-state index in [0.717, 1.165) is 57.5 Å². The van der Waals surface area contributed by atoms with Crippen LogP contribution in [0.2, 0.25) is 0 Å². The molecule has 2 atom stereocenters. The number of para-hydroxylation sites is 1. The van der Waals surface area contributed by atoms with Gasteiger partial charge in [-0.15, -0.1) is 0 Å². The van der Waals surface area contributed by atoms with Gasteiger partial charge in [-0.1, -0.05) is 30.3 Å². The summed E-state index contributed by atoms with van der Waals surface area (Å²) in [5.74, 6) is -0.580. The molecule has 2 aromatic carbocycles. The van der Waals surface area contributed by atoms with Gasteiger partial charge >= 0.3 is 5.97 Å². The third kappa shape index (κ3) is 4.43. The van der Waals surface area contributed by atoms with E-state index in [0.29, 0.717) is 6.04 Å². The number of aromatic nitrogens is 1. The van der Waals surface area contributed by atoms with Crippen LogP contribution in [0.3, 0.4) is 0 Å². The zero-order valence-electron chi connectivity index (χ0n) is 18.5. The van der Waals surface area contributed by atoms with Crippen LogP contribution in [0.15, 0.2) is 48.5 Å². The SMILES string of the molecule is CC(=O)OC(CCCN1CCN2Cc3[nH]c4ccccc4c3CC2C1)c1ccc(F)cc1. The van der Waals surface area contributed by atoms with Crippen molar-refractivity contribution in [3.63, 3.8) is 0 Å². The number of carbonyl (C=O) groups excluding carboxylic acids is 1. The number of fused-ring (bicyclic) bond motifs is 4. The average molecular weight is 436 g/mol. The highest BCUT2D eigenvalue weighted by Crippen LogP contribution is 2.32. The average Bonchev–Trinajstić information content (AvgIpc) is 3.14. The summed E-state index contributed by atoms with van der Waals surface area (Å²) in [6, 6.07) is 15.4. The number of carbonyl (C=O) groups is 1. The third-order valence-corrected chi connectivity index (χ3v) is 6.88. The van der Waals surface area contributed by atoms with E-state index in [4.69, 9.17) is 4.74 Å². The van der Waals surface area contributed by atoms with E-state index in [1.165, 1.54) is 41.2 Å². The van der Waals surface area contributed by atoms with E-state index in [-0.39, 0.29) is 17.9 Å². The molecule has 2 aliphatic rings. The molecule has 1 fully saturated rings. The van der Waals surface area contributed by atoms with Gasteiger partial charge in [0.1, 0.15) is 11.9 Å². The Hall–Kier alpha value is -2.70. The van der Waals surface area contributed by atoms with Crippen LogP contribution < -0.4 is 0 Å². The molecular formula is C26H30FN3O2. The first kappa shape index (κ1) is 21.2. The van der Waals surface area contributed by atoms with E-state index in [1.807, 2.05) is 0 Å². The van der Waals surface area contributed by atoms with Crippen molar-refractivity contribution >= 4 is 16.9 Å². The molecule has 5 nitrogen and oxygen atoms in total. The zero-order chi connectivity index (χ0) is 22.1. The van der Waals surface area contributed by atoms with Crippen LogP contribution in [0.1, 0.15) is 42.7 Å². The van der Waals surface area contributed by atoms with Crippen LogP contribution in [0, 0.1) is 5.82 Å². The predicted molar refractivity (Wildman–Crippen MR) is 123 cm³/mol. The number of piperazine rings is 1. The van der Waals surface area contributed by atoms with E-state index < -0.39 is 0 Å². The fourth-order valence-corrected chi connectivity index (χ4v) is 5.30. The topological polar surface area (TPSA) is 48.6 Å². The van der Waals surface area contributed by atoms with Gasteiger partial charge in [-0.25, -0.2) is 4.39 Å². The summed E-state index contributed by atoms with van der Waals surface area (Å²) in [6.45, 7) is 6.60. The summed E-state index contributed by atoms with van der Waals surface area (Å²) in [7, 11) is 0. The summed E-state index contributed by atoms with van der Waals surface area (Å²) in [5, 5.41) is 1.36. The van der Waals surface area contributed by atoms with Gasteiger partial charge in [0.2, 0.25) is 0 Å². The first-order valence-electron chi connectivity index (χ1n) is 11.5. The molecule has 5 rings (SSSR count). The highest BCUT2D eigenvalue weighted by molar-refractivity contribution is 5.84. The Bertz CT molecular complexity index is 1090. The van der Waals surface area contributed by atoms with Crippen LogP contribution in [0.25, 0.3) is 10.9 Å². The fourth-order valence-electron chi connectivity index (χ4n) is 5.30. The Balaban J connectivity index is 1.19. The van der Waals surface area contributed by atoms with Gasteiger partial charge in [-0.05, 0) is 55.1 Å².